The van der Waals surface area contributed by atoms with E-state index >= 15 is 0 Å². The summed E-state index contributed by atoms with van der Waals surface area (Å²) in [7, 11) is -3.67. The van der Waals surface area contributed by atoms with Crippen molar-refractivity contribution in [1.29, 1.82) is 10.0 Å². The maximum atomic E-state index is 13.3. The third kappa shape index (κ3) is 5.14. The van der Waals surface area contributed by atoms with Gasteiger partial charge in [0.05, 0.1) is 35.2 Å². The van der Waals surface area contributed by atoms with Crippen LogP contribution in [0.3, 0.4) is 0 Å². The molecule has 1 heterocycles. The van der Waals surface area contributed by atoms with E-state index in [2.05, 4.69) is 20.4 Å². The van der Waals surface area contributed by atoms with E-state index in [1.807, 2.05) is 4.57 Å². The first-order valence-corrected chi connectivity index (χ1v) is 13.5. The van der Waals surface area contributed by atoms with E-state index < -0.39 is 40.2 Å². The van der Waals surface area contributed by atoms with Crippen LogP contribution in [-0.2, 0) is 9.92 Å². The minimum absolute atomic E-state index is 0.0427. The molecule has 0 saturated heterocycles. The first-order valence-electron chi connectivity index (χ1n) is 12.0. The number of hydrogen-bond donors (Lipinski definition) is 3. The number of hydrogen-bond acceptors (Lipinski definition) is 5. The van der Waals surface area contributed by atoms with Gasteiger partial charge in [0.2, 0.25) is 0 Å². The molecule has 4 unspecified atom stereocenters. The molecule has 12 heteroatoms. The van der Waals surface area contributed by atoms with Crippen LogP contribution in [0.15, 0.2) is 65.6 Å². The SMILES string of the molecule is [C-]#[N+]c1ccc2c(c1)c1cc(C#N)ccc1n2C1CCCC(NS(=N)(=O)c2ccc(OC(F)(F)F)cc2)C1O. The molecule has 1 saturated carbocycles. The minimum Gasteiger partial charge on any atom is -0.406 e. The number of aliphatic hydroxyl groups is 1. The largest absolute Gasteiger partial charge is 0.573 e. The number of nitrogens with zero attached hydrogens (tertiary/aromatic N) is 3. The van der Waals surface area contributed by atoms with Gasteiger partial charge in [-0.25, -0.2) is 18.6 Å². The molecule has 0 amide bonds. The van der Waals surface area contributed by atoms with Crippen molar-refractivity contribution in [3.05, 3.63) is 77.6 Å². The molecule has 0 spiro atoms. The molecule has 1 fully saturated rings. The molecule has 0 radical (unpaired) electrons. The van der Waals surface area contributed by atoms with Crippen LogP contribution in [0, 0.1) is 22.7 Å². The fraction of sp³-hybridized carbons (Fsp3) is 0.259. The van der Waals surface area contributed by atoms with Crippen LogP contribution in [0.25, 0.3) is 26.7 Å². The summed E-state index contributed by atoms with van der Waals surface area (Å²) in [6.07, 6.45) is -4.27. The predicted octanol–water partition coefficient (Wildman–Crippen LogP) is 6.18. The Kier molecular flexibility index (Phi) is 6.72. The lowest BCUT2D eigenvalue weighted by Crippen LogP contribution is -2.49. The van der Waals surface area contributed by atoms with Crippen molar-refractivity contribution < 1.29 is 27.2 Å². The van der Waals surface area contributed by atoms with E-state index in [9.17, 15) is 27.7 Å². The standard InChI is InChI=1S/C27H22F3N5O3S/c1-33-17-6-12-24-21(14-17)20-13-16(15-31)5-11-23(20)35(24)25-4-2-3-22(26(25)36)34-39(32,37)19-9-7-18(8-10-19)38-27(28,29)30/h5-14,22,25-26,36H,2-4H2,(H2,32,34,37). The van der Waals surface area contributed by atoms with Crippen LogP contribution in [0.1, 0.15) is 30.9 Å². The number of aromatic nitrogens is 1. The molecule has 200 valence electrons. The molecule has 5 rings (SSSR count). The molecular weight excluding hydrogens is 531 g/mol. The lowest BCUT2D eigenvalue weighted by atomic mass is 9.88. The summed E-state index contributed by atoms with van der Waals surface area (Å²) in [6, 6.07) is 15.6. The van der Waals surface area contributed by atoms with Gasteiger partial charge in [0.25, 0.3) is 0 Å². The number of benzene rings is 3. The van der Waals surface area contributed by atoms with Crippen LogP contribution in [0.5, 0.6) is 5.75 Å². The molecule has 8 nitrogen and oxygen atoms in total. The Hall–Kier alpha value is -4.10. The Balaban J connectivity index is 1.48. The lowest BCUT2D eigenvalue weighted by Gasteiger charge is -2.37. The van der Waals surface area contributed by atoms with Gasteiger partial charge < -0.3 is 14.4 Å². The molecule has 4 aromatic rings. The van der Waals surface area contributed by atoms with Crippen molar-refractivity contribution in [2.45, 2.75) is 48.7 Å². The third-order valence-corrected chi connectivity index (χ3v) is 8.47. The molecule has 1 aromatic heterocycles. The van der Waals surface area contributed by atoms with Crippen LogP contribution in [0.2, 0.25) is 0 Å². The van der Waals surface area contributed by atoms with Crippen molar-refractivity contribution in [2.24, 2.45) is 0 Å². The van der Waals surface area contributed by atoms with Gasteiger partial charge in [-0.05, 0) is 79.2 Å². The number of alkyl halides is 3. The van der Waals surface area contributed by atoms with Crippen molar-refractivity contribution in [2.75, 3.05) is 0 Å². The van der Waals surface area contributed by atoms with E-state index in [1.165, 1.54) is 0 Å². The summed E-state index contributed by atoms with van der Waals surface area (Å²) in [5.74, 6) is -0.494. The summed E-state index contributed by atoms with van der Waals surface area (Å²) in [4.78, 5) is 3.47. The normalized spacial score (nSPS) is 21.2. The van der Waals surface area contributed by atoms with E-state index in [-0.39, 0.29) is 4.90 Å². The zero-order valence-electron chi connectivity index (χ0n) is 20.3. The highest BCUT2D eigenvalue weighted by atomic mass is 32.2. The number of fused-ring (bicyclic) bond motifs is 3. The van der Waals surface area contributed by atoms with Crippen LogP contribution in [-0.4, -0.2) is 32.4 Å². The van der Waals surface area contributed by atoms with Crippen molar-refractivity contribution in [3.63, 3.8) is 0 Å². The van der Waals surface area contributed by atoms with Gasteiger partial charge in [-0.15, -0.1) is 13.2 Å². The van der Waals surface area contributed by atoms with Gasteiger partial charge in [-0.2, -0.15) is 5.26 Å². The van der Waals surface area contributed by atoms with Gasteiger partial charge in [0.15, 0.2) is 5.69 Å². The summed E-state index contributed by atoms with van der Waals surface area (Å²) in [6.45, 7) is 7.39. The van der Waals surface area contributed by atoms with E-state index in [0.717, 1.165) is 46.1 Å². The maximum Gasteiger partial charge on any atom is 0.573 e. The molecule has 3 N–H and O–H groups in total. The average molecular weight is 554 g/mol. The number of aliphatic hydroxyl groups excluding tert-OH is 1. The van der Waals surface area contributed by atoms with Gasteiger partial charge in [-0.1, -0.05) is 6.07 Å². The van der Waals surface area contributed by atoms with Crippen molar-refractivity contribution in [1.82, 2.24) is 9.29 Å². The Bertz CT molecular complexity index is 1680. The Labute approximate surface area is 222 Å². The molecule has 0 aliphatic heterocycles. The number of ether oxygens (including phenoxy) is 1. The van der Waals surface area contributed by atoms with Crippen LogP contribution >= 0.6 is 0 Å². The average Bonchev–Trinajstić information content (AvgIpc) is 3.21. The second-order valence-corrected chi connectivity index (χ2v) is 11.1. The minimum atomic E-state index is -4.87. The second-order valence-electron chi connectivity index (χ2n) is 9.32. The molecule has 3 aromatic carbocycles. The summed E-state index contributed by atoms with van der Waals surface area (Å²) in [5.41, 5.74) is 2.43. The third-order valence-electron chi connectivity index (χ3n) is 6.90. The Morgan fingerprint density at radius 2 is 1.77 bits per heavy atom. The summed E-state index contributed by atoms with van der Waals surface area (Å²) >= 11 is 0. The van der Waals surface area contributed by atoms with E-state index in [0.29, 0.717) is 30.5 Å². The second kappa shape index (κ2) is 9.89. The topological polar surface area (TPSA) is 115 Å². The maximum absolute atomic E-state index is 13.3. The number of nitrogens with one attached hydrogen (secondary N) is 2. The molecule has 1 aliphatic carbocycles. The predicted molar refractivity (Wildman–Crippen MR) is 138 cm³/mol. The smallest absolute Gasteiger partial charge is 0.406 e. The number of rotatable bonds is 5. The van der Waals surface area contributed by atoms with Crippen LogP contribution < -0.4 is 9.46 Å². The van der Waals surface area contributed by atoms with Crippen molar-refractivity contribution in [3.8, 4) is 11.8 Å². The quantitative estimate of drug-likeness (QED) is 0.256. The van der Waals surface area contributed by atoms with E-state index in [4.69, 9.17) is 11.4 Å². The molecular formula is C27H22F3N5O3S. The van der Waals surface area contributed by atoms with Gasteiger partial charge in [0.1, 0.15) is 15.7 Å². The monoisotopic (exact) mass is 553 g/mol. The highest BCUT2D eigenvalue weighted by Crippen LogP contribution is 2.40. The van der Waals surface area contributed by atoms with Crippen molar-refractivity contribution >= 4 is 37.4 Å². The molecule has 1 aliphatic rings. The van der Waals surface area contributed by atoms with Gasteiger partial charge in [-0.3, -0.25) is 0 Å². The first-order chi connectivity index (χ1) is 18.5. The molecule has 0 bridgehead atoms. The highest BCUT2D eigenvalue weighted by molar-refractivity contribution is 7.90. The number of nitriles is 1. The highest BCUT2D eigenvalue weighted by Gasteiger charge is 2.36. The fourth-order valence-corrected chi connectivity index (χ4v) is 6.56. The van der Waals surface area contributed by atoms with Gasteiger partial charge in [0, 0.05) is 22.5 Å². The zero-order valence-corrected chi connectivity index (χ0v) is 21.1. The molecule has 4 atom stereocenters. The summed E-state index contributed by atoms with van der Waals surface area (Å²) in [5, 5.41) is 22.4. The Morgan fingerprint density at radius 1 is 1.10 bits per heavy atom. The zero-order chi connectivity index (χ0) is 27.9. The lowest BCUT2D eigenvalue weighted by molar-refractivity contribution is -0.274. The number of halogens is 3. The first kappa shape index (κ1) is 26.5. The fourth-order valence-electron chi connectivity index (χ4n) is 5.22. The Morgan fingerprint density at radius 3 is 2.41 bits per heavy atom. The summed E-state index contributed by atoms with van der Waals surface area (Å²) < 4.78 is 67.6. The molecule has 39 heavy (non-hydrogen) atoms. The van der Waals surface area contributed by atoms with Crippen LogP contribution in [0.4, 0.5) is 18.9 Å². The van der Waals surface area contributed by atoms with E-state index in [1.54, 1.807) is 36.4 Å². The van der Waals surface area contributed by atoms with Gasteiger partial charge >= 0.3 is 6.36 Å².